The maximum Gasteiger partial charge on any atom is 0.191 e. The normalized spacial score (nSPS) is 11.1. The minimum absolute atomic E-state index is 0. The summed E-state index contributed by atoms with van der Waals surface area (Å²) in [4.78, 5) is 8.58. The molecule has 0 fully saturated rings. The van der Waals surface area contributed by atoms with Crippen LogP contribution in [0, 0.1) is 6.92 Å². The summed E-state index contributed by atoms with van der Waals surface area (Å²) in [5.74, 6) is 0.758. The zero-order valence-corrected chi connectivity index (χ0v) is 14.9. The molecule has 0 aromatic carbocycles. The topological polar surface area (TPSA) is 67.1 Å². The highest BCUT2D eigenvalue weighted by atomic mass is 127. The fourth-order valence-corrected chi connectivity index (χ4v) is 2.32. The minimum Gasteiger partial charge on any atom is -0.351 e. The van der Waals surface area contributed by atoms with Crippen molar-refractivity contribution >= 4 is 41.3 Å². The largest absolute Gasteiger partial charge is 0.351 e. The molecular formula is C12H19IN6S. The van der Waals surface area contributed by atoms with Gasteiger partial charge in [0.2, 0.25) is 0 Å². The molecule has 0 saturated carbocycles. The van der Waals surface area contributed by atoms with Crippen molar-refractivity contribution in [2.75, 3.05) is 7.05 Å². The van der Waals surface area contributed by atoms with E-state index in [0.29, 0.717) is 13.1 Å². The first-order chi connectivity index (χ1) is 9.19. The molecule has 8 heteroatoms. The third kappa shape index (κ3) is 4.75. The first-order valence-corrected chi connectivity index (χ1v) is 6.89. The summed E-state index contributed by atoms with van der Waals surface area (Å²) in [7, 11) is 3.68. The number of rotatable bonds is 4. The Labute approximate surface area is 139 Å². The van der Waals surface area contributed by atoms with Crippen LogP contribution in [0.5, 0.6) is 0 Å². The molecule has 0 aliphatic carbocycles. The first-order valence-electron chi connectivity index (χ1n) is 6.01. The highest BCUT2D eigenvalue weighted by Gasteiger charge is 2.03. The zero-order valence-electron chi connectivity index (χ0n) is 11.8. The van der Waals surface area contributed by atoms with Crippen molar-refractivity contribution in [3.05, 3.63) is 34.0 Å². The Morgan fingerprint density at radius 3 is 2.70 bits per heavy atom. The highest BCUT2D eigenvalue weighted by Crippen LogP contribution is 2.07. The standard InChI is InChI=1S/C12H18N6S.HI/c1-9-8-19-11(17-9)7-15-12(13-2)14-6-10-4-5-16-18(10)3;/h4-5,8H,6-7H2,1-3H3,(H2,13,14,15);1H. The maximum atomic E-state index is 4.40. The quantitative estimate of drug-likeness (QED) is 0.461. The first kappa shape index (κ1) is 16.9. The fraction of sp³-hybridized carbons (Fsp3) is 0.417. The number of hydrogen-bond acceptors (Lipinski definition) is 4. The van der Waals surface area contributed by atoms with Gasteiger partial charge in [-0.15, -0.1) is 35.3 Å². The van der Waals surface area contributed by atoms with E-state index < -0.39 is 0 Å². The van der Waals surface area contributed by atoms with Gasteiger partial charge >= 0.3 is 0 Å². The number of thiazole rings is 1. The molecule has 2 aromatic heterocycles. The van der Waals surface area contributed by atoms with Crippen LogP contribution in [-0.4, -0.2) is 27.8 Å². The molecule has 0 amide bonds. The summed E-state index contributed by atoms with van der Waals surface area (Å²) in [5.41, 5.74) is 2.16. The number of aryl methyl sites for hydroxylation is 2. The van der Waals surface area contributed by atoms with Crippen molar-refractivity contribution in [2.45, 2.75) is 20.0 Å². The van der Waals surface area contributed by atoms with Crippen LogP contribution in [0.15, 0.2) is 22.6 Å². The van der Waals surface area contributed by atoms with E-state index in [2.05, 4.69) is 25.7 Å². The van der Waals surface area contributed by atoms with E-state index in [1.807, 2.05) is 30.1 Å². The molecule has 0 saturated heterocycles. The summed E-state index contributed by atoms with van der Waals surface area (Å²) in [6, 6.07) is 1.98. The number of hydrogen-bond donors (Lipinski definition) is 2. The van der Waals surface area contributed by atoms with Crippen LogP contribution in [0.2, 0.25) is 0 Å². The number of nitrogens with one attached hydrogen (secondary N) is 2. The van der Waals surface area contributed by atoms with Gasteiger partial charge in [0, 0.05) is 31.4 Å². The van der Waals surface area contributed by atoms with Crippen LogP contribution in [0.25, 0.3) is 0 Å². The predicted molar refractivity (Wildman–Crippen MR) is 92.5 cm³/mol. The van der Waals surface area contributed by atoms with Crippen LogP contribution < -0.4 is 10.6 Å². The molecule has 2 aromatic rings. The average molecular weight is 406 g/mol. The van der Waals surface area contributed by atoms with E-state index in [0.717, 1.165) is 22.4 Å². The number of guanidine groups is 1. The third-order valence-electron chi connectivity index (χ3n) is 2.66. The molecule has 20 heavy (non-hydrogen) atoms. The molecule has 6 nitrogen and oxygen atoms in total. The SMILES string of the molecule is CN=C(NCc1nc(C)cs1)NCc1ccnn1C.I. The second kappa shape index (κ2) is 8.20. The highest BCUT2D eigenvalue weighted by molar-refractivity contribution is 14.0. The zero-order chi connectivity index (χ0) is 13.7. The van der Waals surface area contributed by atoms with Gasteiger partial charge in [0.05, 0.1) is 18.8 Å². The monoisotopic (exact) mass is 406 g/mol. The molecule has 0 spiro atoms. The summed E-state index contributed by atoms with van der Waals surface area (Å²) in [5, 5.41) is 13.7. The number of aliphatic imine (C=N–C) groups is 1. The lowest BCUT2D eigenvalue weighted by Gasteiger charge is -2.10. The van der Waals surface area contributed by atoms with E-state index in [9.17, 15) is 0 Å². The lowest BCUT2D eigenvalue weighted by atomic mass is 10.4. The van der Waals surface area contributed by atoms with Crippen molar-refractivity contribution in [3.8, 4) is 0 Å². The average Bonchev–Trinajstić information content (AvgIpc) is 2.99. The Bertz CT molecular complexity index is 562. The molecule has 0 atom stereocenters. The van der Waals surface area contributed by atoms with Gasteiger partial charge in [-0.1, -0.05) is 0 Å². The van der Waals surface area contributed by atoms with Crippen LogP contribution in [0.3, 0.4) is 0 Å². The fourth-order valence-electron chi connectivity index (χ4n) is 1.61. The Kier molecular flexibility index (Phi) is 6.93. The summed E-state index contributed by atoms with van der Waals surface area (Å²) < 4.78 is 1.84. The van der Waals surface area contributed by atoms with Crippen molar-refractivity contribution in [3.63, 3.8) is 0 Å². The Balaban J connectivity index is 0.00000200. The van der Waals surface area contributed by atoms with Gasteiger partial charge in [-0.3, -0.25) is 9.67 Å². The van der Waals surface area contributed by atoms with Gasteiger partial charge in [0.25, 0.3) is 0 Å². The minimum atomic E-state index is 0. The number of nitrogens with zero attached hydrogens (tertiary/aromatic N) is 4. The Morgan fingerprint density at radius 2 is 2.15 bits per heavy atom. The van der Waals surface area contributed by atoms with E-state index in [1.54, 1.807) is 24.6 Å². The van der Waals surface area contributed by atoms with Gasteiger partial charge in [-0.25, -0.2) is 4.98 Å². The lowest BCUT2D eigenvalue weighted by Crippen LogP contribution is -2.36. The van der Waals surface area contributed by atoms with Gasteiger partial charge in [-0.05, 0) is 13.0 Å². The van der Waals surface area contributed by atoms with Gasteiger partial charge < -0.3 is 10.6 Å². The maximum absolute atomic E-state index is 4.40. The number of aromatic nitrogens is 3. The Hall–Kier alpha value is -1.16. The van der Waals surface area contributed by atoms with Gasteiger partial charge in [0.1, 0.15) is 5.01 Å². The second-order valence-corrected chi connectivity index (χ2v) is 5.05. The van der Waals surface area contributed by atoms with Gasteiger partial charge in [-0.2, -0.15) is 5.10 Å². The number of halogens is 1. The molecule has 0 aliphatic heterocycles. The summed E-state index contributed by atoms with van der Waals surface area (Å²) >= 11 is 1.65. The van der Waals surface area contributed by atoms with Crippen LogP contribution in [-0.2, 0) is 20.1 Å². The molecule has 2 N–H and O–H groups in total. The van der Waals surface area contributed by atoms with Crippen molar-refractivity contribution in [1.29, 1.82) is 0 Å². The smallest absolute Gasteiger partial charge is 0.191 e. The van der Waals surface area contributed by atoms with E-state index in [4.69, 9.17) is 0 Å². The summed E-state index contributed by atoms with van der Waals surface area (Å²) in [6.45, 7) is 3.37. The van der Waals surface area contributed by atoms with Crippen LogP contribution in [0.1, 0.15) is 16.4 Å². The van der Waals surface area contributed by atoms with Crippen LogP contribution in [0.4, 0.5) is 0 Å². The molecule has 110 valence electrons. The van der Waals surface area contributed by atoms with E-state index in [1.165, 1.54) is 0 Å². The molecular weight excluding hydrogens is 387 g/mol. The Morgan fingerprint density at radius 1 is 1.40 bits per heavy atom. The summed E-state index contributed by atoms with van der Waals surface area (Å²) in [6.07, 6.45) is 1.78. The molecule has 2 heterocycles. The third-order valence-corrected chi connectivity index (χ3v) is 3.62. The van der Waals surface area contributed by atoms with Crippen molar-refractivity contribution in [2.24, 2.45) is 12.0 Å². The molecule has 0 unspecified atom stereocenters. The molecule has 0 aliphatic rings. The van der Waals surface area contributed by atoms with E-state index in [-0.39, 0.29) is 24.0 Å². The predicted octanol–water partition coefficient (Wildman–Crippen LogP) is 1.67. The van der Waals surface area contributed by atoms with Crippen LogP contribution >= 0.6 is 35.3 Å². The van der Waals surface area contributed by atoms with E-state index >= 15 is 0 Å². The molecule has 0 bridgehead atoms. The molecule has 0 radical (unpaired) electrons. The van der Waals surface area contributed by atoms with Gasteiger partial charge in [0.15, 0.2) is 5.96 Å². The van der Waals surface area contributed by atoms with Crippen molar-refractivity contribution < 1.29 is 0 Å². The molecule has 2 rings (SSSR count). The lowest BCUT2D eigenvalue weighted by molar-refractivity contribution is 0.684. The second-order valence-electron chi connectivity index (χ2n) is 4.11. The van der Waals surface area contributed by atoms with Crippen molar-refractivity contribution in [1.82, 2.24) is 25.4 Å².